The molecule has 1 N–H and O–H groups in total. The normalized spacial score (nSPS) is 23.2. The zero-order valence-corrected chi connectivity index (χ0v) is 13.9. The first-order chi connectivity index (χ1) is 12.4. The molecule has 2 aromatic rings. The number of rotatable bonds is 4. The summed E-state index contributed by atoms with van der Waals surface area (Å²) >= 11 is 0. The molecule has 4 rings (SSSR count). The van der Waals surface area contributed by atoms with Gasteiger partial charge in [0.05, 0.1) is 17.5 Å². The second-order valence-electron chi connectivity index (χ2n) is 6.77. The molecule has 1 aliphatic carbocycles. The van der Waals surface area contributed by atoms with Crippen LogP contribution in [0.15, 0.2) is 36.8 Å². The fourth-order valence-corrected chi connectivity index (χ4v) is 3.34. The number of hydrogen-bond acceptors (Lipinski definition) is 4. The smallest absolute Gasteiger partial charge is 0.256 e. The van der Waals surface area contributed by atoms with E-state index in [9.17, 15) is 18.4 Å². The van der Waals surface area contributed by atoms with Crippen molar-refractivity contribution in [1.82, 2.24) is 25.0 Å². The van der Waals surface area contributed by atoms with E-state index in [-0.39, 0.29) is 25.4 Å². The van der Waals surface area contributed by atoms with Gasteiger partial charge < -0.3 is 10.2 Å². The monoisotopic (exact) mass is 361 g/mol. The molecular formula is C17H17F2N5O2. The molecule has 26 heavy (non-hydrogen) atoms. The summed E-state index contributed by atoms with van der Waals surface area (Å²) in [6.07, 6.45) is 4.91. The third-order valence-electron chi connectivity index (χ3n) is 5.07. The molecule has 1 spiro atoms. The number of nitrogens with zero attached hydrogens (tertiary/aromatic N) is 4. The van der Waals surface area contributed by atoms with Crippen LogP contribution in [0.2, 0.25) is 0 Å². The lowest BCUT2D eigenvalue weighted by molar-refractivity contribution is -0.129. The SMILES string of the molecule is O=C(NCC(=O)N1CCC2(C1)CC2(F)F)c1ccc(-n2cccn2)nc1. The van der Waals surface area contributed by atoms with Gasteiger partial charge in [-0.05, 0) is 24.6 Å². The number of aromatic nitrogens is 3. The van der Waals surface area contributed by atoms with Crippen molar-refractivity contribution in [3.05, 3.63) is 42.4 Å². The lowest BCUT2D eigenvalue weighted by atomic mass is 10.1. The first-order valence-corrected chi connectivity index (χ1v) is 8.30. The quantitative estimate of drug-likeness (QED) is 0.889. The van der Waals surface area contributed by atoms with E-state index in [0.717, 1.165) is 0 Å². The second kappa shape index (κ2) is 5.86. The zero-order chi connectivity index (χ0) is 18.4. The molecule has 2 aromatic heterocycles. The van der Waals surface area contributed by atoms with Gasteiger partial charge in [-0.15, -0.1) is 0 Å². The molecule has 0 bridgehead atoms. The number of nitrogens with one attached hydrogen (secondary N) is 1. The minimum Gasteiger partial charge on any atom is -0.343 e. The third-order valence-corrected chi connectivity index (χ3v) is 5.07. The van der Waals surface area contributed by atoms with E-state index in [2.05, 4.69) is 15.4 Å². The van der Waals surface area contributed by atoms with Gasteiger partial charge in [0, 0.05) is 38.1 Å². The molecule has 136 valence electrons. The first-order valence-electron chi connectivity index (χ1n) is 8.30. The Morgan fingerprint density at radius 2 is 2.12 bits per heavy atom. The second-order valence-corrected chi connectivity index (χ2v) is 6.77. The van der Waals surface area contributed by atoms with Crippen LogP contribution in [0.3, 0.4) is 0 Å². The third kappa shape index (κ3) is 2.83. The Bertz CT molecular complexity index is 837. The fraction of sp³-hybridized carbons (Fsp3) is 0.412. The Morgan fingerprint density at radius 1 is 1.31 bits per heavy atom. The largest absolute Gasteiger partial charge is 0.343 e. The van der Waals surface area contributed by atoms with Crippen LogP contribution < -0.4 is 5.32 Å². The van der Waals surface area contributed by atoms with Crippen molar-refractivity contribution < 1.29 is 18.4 Å². The van der Waals surface area contributed by atoms with Gasteiger partial charge in [0.2, 0.25) is 5.91 Å². The summed E-state index contributed by atoms with van der Waals surface area (Å²) < 4.78 is 28.3. The van der Waals surface area contributed by atoms with Crippen molar-refractivity contribution in [2.45, 2.75) is 18.8 Å². The number of alkyl halides is 2. The predicted molar refractivity (Wildman–Crippen MR) is 86.9 cm³/mol. The first kappa shape index (κ1) is 16.6. The molecule has 2 amide bonds. The van der Waals surface area contributed by atoms with Gasteiger partial charge in [-0.2, -0.15) is 5.10 Å². The number of amides is 2. The summed E-state index contributed by atoms with van der Waals surface area (Å²) in [5.74, 6) is -2.88. The maximum absolute atomic E-state index is 13.4. The molecule has 2 aliphatic rings. The van der Waals surface area contributed by atoms with Gasteiger partial charge in [-0.3, -0.25) is 9.59 Å². The van der Waals surface area contributed by atoms with Gasteiger partial charge in [-0.1, -0.05) is 0 Å². The van der Waals surface area contributed by atoms with Gasteiger partial charge in [0.1, 0.15) is 0 Å². The summed E-state index contributed by atoms with van der Waals surface area (Å²) in [7, 11) is 0. The highest BCUT2D eigenvalue weighted by Gasteiger charge is 2.72. The van der Waals surface area contributed by atoms with Crippen molar-refractivity contribution in [2.75, 3.05) is 19.6 Å². The lowest BCUT2D eigenvalue weighted by Crippen LogP contribution is -2.39. The molecular weight excluding hydrogens is 344 g/mol. The maximum atomic E-state index is 13.4. The highest BCUT2D eigenvalue weighted by Crippen LogP contribution is 2.64. The molecule has 9 heteroatoms. The maximum Gasteiger partial charge on any atom is 0.256 e. The number of hydrogen-bond donors (Lipinski definition) is 1. The topological polar surface area (TPSA) is 80.1 Å². The predicted octanol–water partition coefficient (Wildman–Crippen LogP) is 1.25. The Morgan fingerprint density at radius 3 is 2.69 bits per heavy atom. The van der Waals surface area contributed by atoms with Gasteiger partial charge in [0.25, 0.3) is 11.8 Å². The molecule has 1 aliphatic heterocycles. The molecule has 1 saturated carbocycles. The van der Waals surface area contributed by atoms with Crippen LogP contribution in [0.5, 0.6) is 0 Å². The van der Waals surface area contributed by atoms with E-state index in [1.807, 2.05) is 0 Å². The highest BCUT2D eigenvalue weighted by molar-refractivity contribution is 5.96. The average molecular weight is 361 g/mol. The van der Waals surface area contributed by atoms with E-state index in [4.69, 9.17) is 0 Å². The van der Waals surface area contributed by atoms with E-state index in [1.165, 1.54) is 11.1 Å². The van der Waals surface area contributed by atoms with E-state index >= 15 is 0 Å². The van der Waals surface area contributed by atoms with Crippen LogP contribution in [-0.2, 0) is 4.79 Å². The number of likely N-dealkylation sites (tertiary alicyclic amines) is 1. The highest BCUT2D eigenvalue weighted by atomic mass is 19.3. The van der Waals surface area contributed by atoms with Crippen LogP contribution >= 0.6 is 0 Å². The molecule has 1 atom stereocenters. The van der Waals surface area contributed by atoms with E-state index in [1.54, 1.807) is 35.3 Å². The van der Waals surface area contributed by atoms with Crippen molar-refractivity contribution in [1.29, 1.82) is 0 Å². The van der Waals surface area contributed by atoms with Crippen LogP contribution in [0.4, 0.5) is 8.78 Å². The van der Waals surface area contributed by atoms with E-state index < -0.39 is 17.2 Å². The Labute approximate surface area is 148 Å². The molecule has 1 saturated heterocycles. The Hall–Kier alpha value is -2.84. The Kier molecular flexibility index (Phi) is 3.74. The molecule has 1 unspecified atom stereocenters. The zero-order valence-electron chi connectivity index (χ0n) is 13.9. The van der Waals surface area contributed by atoms with Gasteiger partial charge in [-0.25, -0.2) is 18.4 Å². The molecule has 0 aromatic carbocycles. The lowest BCUT2D eigenvalue weighted by Gasteiger charge is -2.16. The minimum absolute atomic E-state index is 0.0643. The van der Waals surface area contributed by atoms with Crippen LogP contribution in [0.25, 0.3) is 5.82 Å². The fourth-order valence-electron chi connectivity index (χ4n) is 3.34. The number of carbonyl (C=O) groups excluding carboxylic acids is 2. The summed E-state index contributed by atoms with van der Waals surface area (Å²) in [5.41, 5.74) is -0.723. The summed E-state index contributed by atoms with van der Waals surface area (Å²) in [6, 6.07) is 4.98. The summed E-state index contributed by atoms with van der Waals surface area (Å²) in [5, 5.41) is 6.56. The van der Waals surface area contributed by atoms with Gasteiger partial charge in [0.15, 0.2) is 5.82 Å². The molecule has 0 radical (unpaired) electrons. The van der Waals surface area contributed by atoms with Crippen molar-refractivity contribution >= 4 is 11.8 Å². The van der Waals surface area contributed by atoms with Crippen molar-refractivity contribution in [2.24, 2.45) is 5.41 Å². The van der Waals surface area contributed by atoms with Crippen LogP contribution in [0, 0.1) is 5.41 Å². The minimum atomic E-state index is -2.66. The number of halogens is 2. The Balaban J connectivity index is 1.31. The number of pyridine rings is 1. The van der Waals surface area contributed by atoms with Crippen LogP contribution in [0.1, 0.15) is 23.2 Å². The molecule has 7 nitrogen and oxygen atoms in total. The number of carbonyl (C=O) groups is 2. The molecule has 2 fully saturated rings. The van der Waals surface area contributed by atoms with Crippen molar-refractivity contribution in [3.63, 3.8) is 0 Å². The average Bonchev–Trinajstić information content (AvgIpc) is 3.08. The van der Waals surface area contributed by atoms with Gasteiger partial charge >= 0.3 is 0 Å². The van der Waals surface area contributed by atoms with Crippen molar-refractivity contribution in [3.8, 4) is 5.82 Å². The molecule has 3 heterocycles. The standard InChI is InChI=1S/C17H17F2N5O2/c18-17(19)10-16(17)4-7-23(11-16)14(25)9-21-15(26)12-2-3-13(20-8-12)24-6-1-5-22-24/h1-3,5-6,8H,4,7,9-11H2,(H,21,26). The summed E-state index contributed by atoms with van der Waals surface area (Å²) in [6.45, 7) is 0.153. The van der Waals surface area contributed by atoms with Crippen LogP contribution in [-0.4, -0.2) is 57.0 Å². The van der Waals surface area contributed by atoms with E-state index in [0.29, 0.717) is 24.3 Å². The summed E-state index contributed by atoms with van der Waals surface area (Å²) in [4.78, 5) is 29.9.